The summed E-state index contributed by atoms with van der Waals surface area (Å²) in [6, 6.07) is 59.2. The Labute approximate surface area is 239 Å². The van der Waals surface area contributed by atoms with Crippen molar-refractivity contribution in [2.45, 2.75) is 0 Å². The van der Waals surface area contributed by atoms with Crippen LogP contribution in [0, 0.1) is 0 Å². The maximum atomic E-state index is 2.39. The summed E-state index contributed by atoms with van der Waals surface area (Å²) in [5.74, 6) is 0. The second kappa shape index (κ2) is 9.66. The van der Waals surface area contributed by atoms with Crippen molar-refractivity contribution >= 4 is 32.6 Å². The van der Waals surface area contributed by atoms with Crippen molar-refractivity contribution in [2.75, 3.05) is 0 Å². The van der Waals surface area contributed by atoms with Crippen LogP contribution in [0.2, 0.25) is 0 Å². The summed E-state index contributed by atoms with van der Waals surface area (Å²) in [6.45, 7) is 0. The number of hydrogen-bond donors (Lipinski definition) is 0. The number of nitrogens with zero attached hydrogens (tertiary/aromatic N) is 1. The molecule has 0 fully saturated rings. The van der Waals surface area contributed by atoms with Crippen molar-refractivity contribution in [3.63, 3.8) is 0 Å². The van der Waals surface area contributed by atoms with Gasteiger partial charge in [-0.1, -0.05) is 133 Å². The molecule has 0 saturated heterocycles. The quantitative estimate of drug-likeness (QED) is 0.217. The lowest BCUT2D eigenvalue weighted by Gasteiger charge is -2.11. The van der Waals surface area contributed by atoms with Crippen molar-refractivity contribution in [1.29, 1.82) is 0 Å². The van der Waals surface area contributed by atoms with Gasteiger partial charge >= 0.3 is 0 Å². The van der Waals surface area contributed by atoms with Gasteiger partial charge in [-0.2, -0.15) is 0 Å². The van der Waals surface area contributed by atoms with E-state index >= 15 is 0 Å². The van der Waals surface area contributed by atoms with Crippen LogP contribution in [0.25, 0.3) is 71.6 Å². The Morgan fingerprint density at radius 3 is 1.78 bits per heavy atom. The second-order valence-corrected chi connectivity index (χ2v) is 10.6. The SMILES string of the molecule is c1ccc(-c2cccc(-n3c4ccccc4c4cc(-c5ccc(-c6cccc7ccccc67)cc5)ccc43)c2)cc1. The zero-order valence-electron chi connectivity index (χ0n) is 22.5. The summed E-state index contributed by atoms with van der Waals surface area (Å²) in [7, 11) is 0. The van der Waals surface area contributed by atoms with Gasteiger partial charge in [0.2, 0.25) is 0 Å². The van der Waals surface area contributed by atoms with Crippen LogP contribution < -0.4 is 0 Å². The smallest absolute Gasteiger partial charge is 0.0541 e. The van der Waals surface area contributed by atoms with Crippen LogP contribution in [-0.4, -0.2) is 4.57 Å². The van der Waals surface area contributed by atoms with Crippen molar-refractivity contribution in [3.8, 4) is 39.1 Å². The van der Waals surface area contributed by atoms with Crippen molar-refractivity contribution < 1.29 is 0 Å². The van der Waals surface area contributed by atoms with E-state index < -0.39 is 0 Å². The van der Waals surface area contributed by atoms with Gasteiger partial charge in [-0.3, -0.25) is 0 Å². The first-order valence-corrected chi connectivity index (χ1v) is 14.1. The summed E-state index contributed by atoms with van der Waals surface area (Å²) in [4.78, 5) is 0. The van der Waals surface area contributed by atoms with Crippen molar-refractivity contribution in [3.05, 3.63) is 164 Å². The van der Waals surface area contributed by atoms with Gasteiger partial charge in [0.15, 0.2) is 0 Å². The molecule has 7 aromatic carbocycles. The van der Waals surface area contributed by atoms with E-state index in [1.54, 1.807) is 0 Å². The fourth-order valence-corrected chi connectivity index (χ4v) is 6.21. The fourth-order valence-electron chi connectivity index (χ4n) is 6.21. The van der Waals surface area contributed by atoms with Crippen LogP contribution in [0.3, 0.4) is 0 Å². The zero-order chi connectivity index (χ0) is 27.2. The van der Waals surface area contributed by atoms with Crippen LogP contribution in [-0.2, 0) is 0 Å². The van der Waals surface area contributed by atoms with E-state index in [-0.39, 0.29) is 0 Å². The number of para-hydroxylation sites is 1. The van der Waals surface area contributed by atoms with Gasteiger partial charge in [-0.05, 0) is 74.5 Å². The van der Waals surface area contributed by atoms with Gasteiger partial charge in [0.1, 0.15) is 0 Å². The highest BCUT2D eigenvalue weighted by atomic mass is 15.0. The highest BCUT2D eigenvalue weighted by Gasteiger charge is 2.14. The third-order valence-electron chi connectivity index (χ3n) is 8.20. The molecular formula is C40H27N. The number of rotatable bonds is 4. The summed E-state index contributed by atoms with van der Waals surface area (Å²) < 4.78 is 2.39. The first-order chi connectivity index (χ1) is 20.3. The largest absolute Gasteiger partial charge is 0.309 e. The number of aromatic nitrogens is 1. The van der Waals surface area contributed by atoms with E-state index in [1.165, 1.54) is 71.6 Å². The van der Waals surface area contributed by atoms with Gasteiger partial charge in [0, 0.05) is 16.5 Å². The minimum atomic E-state index is 1.17. The lowest BCUT2D eigenvalue weighted by Crippen LogP contribution is -1.94. The summed E-state index contributed by atoms with van der Waals surface area (Å²) in [5.41, 5.74) is 11.0. The molecule has 192 valence electrons. The molecule has 0 saturated carbocycles. The highest BCUT2D eigenvalue weighted by molar-refractivity contribution is 6.10. The Morgan fingerprint density at radius 2 is 0.902 bits per heavy atom. The molecule has 0 aliphatic rings. The average Bonchev–Trinajstić information content (AvgIpc) is 3.39. The molecule has 8 aromatic rings. The Bertz CT molecular complexity index is 2180. The highest BCUT2D eigenvalue weighted by Crippen LogP contribution is 2.36. The molecule has 1 nitrogen and oxygen atoms in total. The Hall–Kier alpha value is -5.40. The molecule has 0 N–H and O–H groups in total. The minimum Gasteiger partial charge on any atom is -0.309 e. The molecule has 0 aliphatic carbocycles. The summed E-state index contributed by atoms with van der Waals surface area (Å²) in [6.07, 6.45) is 0. The molecule has 0 atom stereocenters. The lowest BCUT2D eigenvalue weighted by molar-refractivity contribution is 1.18. The molecule has 8 rings (SSSR count). The monoisotopic (exact) mass is 521 g/mol. The summed E-state index contributed by atoms with van der Waals surface area (Å²) in [5, 5.41) is 5.08. The van der Waals surface area contributed by atoms with E-state index in [4.69, 9.17) is 0 Å². The molecular weight excluding hydrogens is 494 g/mol. The van der Waals surface area contributed by atoms with E-state index in [2.05, 4.69) is 168 Å². The van der Waals surface area contributed by atoms with Gasteiger partial charge in [-0.15, -0.1) is 0 Å². The van der Waals surface area contributed by atoms with E-state index in [0.29, 0.717) is 0 Å². The number of benzene rings is 7. The van der Waals surface area contributed by atoms with Crippen LogP contribution in [0.15, 0.2) is 164 Å². The van der Waals surface area contributed by atoms with Gasteiger partial charge in [0.05, 0.1) is 11.0 Å². The molecule has 0 unspecified atom stereocenters. The number of fused-ring (bicyclic) bond motifs is 4. The fraction of sp³-hybridized carbons (Fsp3) is 0. The lowest BCUT2D eigenvalue weighted by atomic mass is 9.96. The third-order valence-corrected chi connectivity index (χ3v) is 8.20. The van der Waals surface area contributed by atoms with E-state index in [1.807, 2.05) is 0 Å². The number of hydrogen-bond acceptors (Lipinski definition) is 0. The zero-order valence-corrected chi connectivity index (χ0v) is 22.5. The predicted molar refractivity (Wildman–Crippen MR) is 175 cm³/mol. The normalized spacial score (nSPS) is 11.4. The molecule has 0 amide bonds. The molecule has 1 heteroatoms. The second-order valence-electron chi connectivity index (χ2n) is 10.6. The van der Waals surface area contributed by atoms with Gasteiger partial charge in [-0.25, -0.2) is 0 Å². The molecule has 1 heterocycles. The topological polar surface area (TPSA) is 4.93 Å². The van der Waals surface area contributed by atoms with Crippen LogP contribution in [0.1, 0.15) is 0 Å². The Kier molecular flexibility index (Phi) is 5.53. The third kappa shape index (κ3) is 4.02. The van der Waals surface area contributed by atoms with E-state index in [0.717, 1.165) is 0 Å². The Balaban J connectivity index is 1.23. The maximum absolute atomic E-state index is 2.39. The van der Waals surface area contributed by atoms with Gasteiger partial charge in [0.25, 0.3) is 0 Å². The van der Waals surface area contributed by atoms with Gasteiger partial charge < -0.3 is 4.57 Å². The predicted octanol–water partition coefficient (Wildman–Crippen LogP) is 10.9. The standard InChI is InChI=1S/C40H27N/c1-2-10-28(11-3-1)32-14-8-15-34(26-32)41-39-19-7-6-17-37(39)38-27-33(24-25-40(38)41)29-20-22-31(23-21-29)36-18-9-13-30-12-4-5-16-35(30)36/h1-27H. The van der Waals surface area contributed by atoms with Crippen molar-refractivity contribution in [1.82, 2.24) is 4.57 Å². The van der Waals surface area contributed by atoms with E-state index in [9.17, 15) is 0 Å². The summed E-state index contributed by atoms with van der Waals surface area (Å²) >= 11 is 0. The molecule has 0 spiro atoms. The first kappa shape index (κ1) is 23.5. The van der Waals surface area contributed by atoms with Crippen LogP contribution >= 0.6 is 0 Å². The van der Waals surface area contributed by atoms with Crippen LogP contribution in [0.5, 0.6) is 0 Å². The molecule has 1 aromatic heterocycles. The average molecular weight is 522 g/mol. The molecule has 0 radical (unpaired) electrons. The first-order valence-electron chi connectivity index (χ1n) is 14.1. The molecule has 41 heavy (non-hydrogen) atoms. The van der Waals surface area contributed by atoms with Crippen molar-refractivity contribution in [2.24, 2.45) is 0 Å². The molecule has 0 bridgehead atoms. The Morgan fingerprint density at radius 1 is 0.317 bits per heavy atom. The maximum Gasteiger partial charge on any atom is 0.0541 e. The molecule has 0 aliphatic heterocycles. The minimum absolute atomic E-state index is 1.17. The van der Waals surface area contributed by atoms with Crippen LogP contribution in [0.4, 0.5) is 0 Å².